The number of fused-ring (bicyclic) bond motifs is 1. The van der Waals surface area contributed by atoms with Crippen molar-refractivity contribution in [1.82, 2.24) is 15.4 Å². The van der Waals surface area contributed by atoms with Gasteiger partial charge in [0.15, 0.2) is 0 Å². The Balaban J connectivity index is 1.45. The zero-order valence-electron chi connectivity index (χ0n) is 17.9. The molecule has 3 N–H and O–H groups in total. The van der Waals surface area contributed by atoms with Crippen LogP contribution in [0.15, 0.2) is 71.8 Å². The van der Waals surface area contributed by atoms with E-state index in [9.17, 15) is 9.90 Å². The van der Waals surface area contributed by atoms with Crippen LogP contribution >= 0.6 is 0 Å². The van der Waals surface area contributed by atoms with Gasteiger partial charge in [-0.3, -0.25) is 4.79 Å². The summed E-state index contributed by atoms with van der Waals surface area (Å²) in [6.45, 7) is 4.82. The number of aromatic amines is 1. The van der Waals surface area contributed by atoms with Crippen molar-refractivity contribution in [2.24, 2.45) is 11.0 Å². The molecule has 0 saturated heterocycles. The molecular weight excluding hydrogens is 404 g/mol. The molecule has 0 aliphatic heterocycles. The van der Waals surface area contributed by atoms with E-state index in [2.05, 4.69) is 34.3 Å². The molecule has 7 heteroatoms. The predicted molar refractivity (Wildman–Crippen MR) is 125 cm³/mol. The van der Waals surface area contributed by atoms with E-state index in [0.29, 0.717) is 40.5 Å². The number of aromatic hydroxyl groups is 1. The molecule has 0 spiro atoms. The molecule has 1 aromatic heterocycles. The number of benzene rings is 3. The van der Waals surface area contributed by atoms with E-state index in [1.54, 1.807) is 42.6 Å². The van der Waals surface area contributed by atoms with Gasteiger partial charge in [-0.15, -0.1) is 0 Å². The minimum atomic E-state index is -0.339. The molecule has 0 atom stereocenters. The van der Waals surface area contributed by atoms with Gasteiger partial charge >= 0.3 is 0 Å². The summed E-state index contributed by atoms with van der Waals surface area (Å²) in [6, 6.07) is 19.6. The smallest absolute Gasteiger partial charge is 0.271 e. The molecule has 4 rings (SSSR count). The Morgan fingerprint density at radius 2 is 2.00 bits per heavy atom. The van der Waals surface area contributed by atoms with Crippen molar-refractivity contribution < 1.29 is 14.6 Å². The summed E-state index contributed by atoms with van der Waals surface area (Å²) in [4.78, 5) is 20.2. The first-order valence-corrected chi connectivity index (χ1v) is 10.3. The fourth-order valence-corrected chi connectivity index (χ4v) is 3.13. The maximum atomic E-state index is 12.5. The first-order chi connectivity index (χ1) is 15.5. The van der Waals surface area contributed by atoms with Gasteiger partial charge in [0.05, 0.1) is 29.4 Å². The summed E-state index contributed by atoms with van der Waals surface area (Å²) < 4.78 is 5.71. The minimum absolute atomic E-state index is 0.137. The Morgan fingerprint density at radius 3 is 2.81 bits per heavy atom. The zero-order valence-corrected chi connectivity index (χ0v) is 17.9. The fraction of sp³-hybridized carbons (Fsp3) is 0.160. The van der Waals surface area contributed by atoms with Crippen molar-refractivity contribution in [3.05, 3.63) is 77.9 Å². The van der Waals surface area contributed by atoms with Crippen molar-refractivity contribution in [2.75, 3.05) is 6.61 Å². The van der Waals surface area contributed by atoms with Crippen LogP contribution in [0.25, 0.3) is 22.4 Å². The van der Waals surface area contributed by atoms with Gasteiger partial charge < -0.3 is 14.8 Å². The number of phenols is 1. The van der Waals surface area contributed by atoms with E-state index in [4.69, 9.17) is 4.74 Å². The standard InChI is InChI=1S/C25H24N4O3/c1-16(2)15-32-19-7-5-6-17(12-19)14-26-29-25(31)18-10-11-21-22(13-18)28-24(27-21)20-8-3-4-9-23(20)30/h3-14,16,30H,15H2,1-2H3,(H,27,28)(H,29,31)/b26-14+. The third-order valence-corrected chi connectivity index (χ3v) is 4.72. The highest BCUT2D eigenvalue weighted by molar-refractivity contribution is 5.98. The SMILES string of the molecule is CC(C)COc1cccc(/C=N/NC(=O)c2ccc3nc(-c4ccccc4O)[nH]c3c2)c1. The second-order valence-electron chi connectivity index (χ2n) is 7.81. The van der Waals surface area contributed by atoms with E-state index in [0.717, 1.165) is 11.3 Å². The molecule has 1 amide bonds. The molecule has 0 saturated carbocycles. The van der Waals surface area contributed by atoms with Gasteiger partial charge in [-0.2, -0.15) is 5.10 Å². The topological polar surface area (TPSA) is 99.6 Å². The lowest BCUT2D eigenvalue weighted by Gasteiger charge is -2.08. The fourth-order valence-electron chi connectivity index (χ4n) is 3.13. The number of hydrazone groups is 1. The number of para-hydroxylation sites is 1. The third kappa shape index (κ3) is 4.95. The highest BCUT2D eigenvalue weighted by Crippen LogP contribution is 2.28. The number of hydrogen-bond acceptors (Lipinski definition) is 5. The summed E-state index contributed by atoms with van der Waals surface area (Å²) in [7, 11) is 0. The van der Waals surface area contributed by atoms with Gasteiger partial charge in [-0.1, -0.05) is 38.1 Å². The van der Waals surface area contributed by atoms with Gasteiger partial charge in [0.2, 0.25) is 0 Å². The van der Waals surface area contributed by atoms with E-state index < -0.39 is 0 Å². The highest BCUT2D eigenvalue weighted by Gasteiger charge is 2.11. The maximum absolute atomic E-state index is 12.5. The summed E-state index contributed by atoms with van der Waals surface area (Å²) in [5.41, 5.74) is 5.79. The van der Waals surface area contributed by atoms with E-state index in [1.807, 2.05) is 30.3 Å². The Bertz CT molecular complexity index is 1280. The molecule has 162 valence electrons. The van der Waals surface area contributed by atoms with Gasteiger partial charge in [0.25, 0.3) is 5.91 Å². The van der Waals surface area contributed by atoms with Crippen LogP contribution in [-0.4, -0.2) is 33.8 Å². The first-order valence-electron chi connectivity index (χ1n) is 10.3. The average Bonchev–Trinajstić information content (AvgIpc) is 3.21. The summed E-state index contributed by atoms with van der Waals surface area (Å²) in [5.74, 6) is 1.53. The largest absolute Gasteiger partial charge is 0.507 e. The molecule has 0 radical (unpaired) electrons. The summed E-state index contributed by atoms with van der Waals surface area (Å²) >= 11 is 0. The Labute approximate surface area is 185 Å². The number of imidazole rings is 1. The molecule has 0 aliphatic carbocycles. The number of amides is 1. The third-order valence-electron chi connectivity index (χ3n) is 4.72. The number of aromatic nitrogens is 2. The molecule has 7 nitrogen and oxygen atoms in total. The van der Waals surface area contributed by atoms with Gasteiger partial charge in [-0.05, 0) is 53.9 Å². The second-order valence-corrected chi connectivity index (χ2v) is 7.81. The monoisotopic (exact) mass is 428 g/mol. The lowest BCUT2D eigenvalue weighted by molar-refractivity contribution is 0.0955. The van der Waals surface area contributed by atoms with Crippen LogP contribution in [0.1, 0.15) is 29.8 Å². The number of ether oxygens (including phenoxy) is 1. The molecule has 4 aromatic rings. The van der Waals surface area contributed by atoms with Gasteiger partial charge in [0, 0.05) is 5.56 Å². The first kappa shape index (κ1) is 21.1. The second kappa shape index (κ2) is 9.34. The quantitative estimate of drug-likeness (QED) is 0.293. The van der Waals surface area contributed by atoms with Crippen molar-refractivity contribution in [3.63, 3.8) is 0 Å². The van der Waals surface area contributed by atoms with E-state index in [-0.39, 0.29) is 11.7 Å². The number of H-pyrrole nitrogens is 1. The molecule has 0 unspecified atom stereocenters. The maximum Gasteiger partial charge on any atom is 0.271 e. The van der Waals surface area contributed by atoms with E-state index >= 15 is 0 Å². The lowest BCUT2D eigenvalue weighted by Crippen LogP contribution is -2.17. The molecular formula is C25H24N4O3. The summed E-state index contributed by atoms with van der Waals surface area (Å²) in [6.07, 6.45) is 1.57. The van der Waals surface area contributed by atoms with E-state index in [1.165, 1.54) is 0 Å². The van der Waals surface area contributed by atoms with Crippen molar-refractivity contribution in [3.8, 4) is 22.9 Å². The van der Waals surface area contributed by atoms with Crippen LogP contribution in [0.3, 0.4) is 0 Å². The number of rotatable bonds is 7. The normalized spacial score (nSPS) is 11.3. The molecule has 32 heavy (non-hydrogen) atoms. The molecule has 0 bridgehead atoms. The predicted octanol–water partition coefficient (Wildman–Crippen LogP) is 4.73. The van der Waals surface area contributed by atoms with Gasteiger partial charge in [-0.25, -0.2) is 10.4 Å². The number of carbonyl (C=O) groups is 1. The molecule has 3 aromatic carbocycles. The molecule has 0 aliphatic rings. The number of hydrogen-bond donors (Lipinski definition) is 3. The Morgan fingerprint density at radius 1 is 1.16 bits per heavy atom. The van der Waals surface area contributed by atoms with Crippen LogP contribution in [-0.2, 0) is 0 Å². The molecule has 0 fully saturated rings. The van der Waals surface area contributed by atoms with Crippen LogP contribution in [0.4, 0.5) is 0 Å². The van der Waals surface area contributed by atoms with Crippen LogP contribution in [0.2, 0.25) is 0 Å². The van der Waals surface area contributed by atoms with Crippen LogP contribution in [0.5, 0.6) is 11.5 Å². The zero-order chi connectivity index (χ0) is 22.5. The van der Waals surface area contributed by atoms with Crippen molar-refractivity contribution in [2.45, 2.75) is 13.8 Å². The Kier molecular flexibility index (Phi) is 6.17. The average molecular weight is 428 g/mol. The Hall–Kier alpha value is -4.13. The van der Waals surface area contributed by atoms with Crippen molar-refractivity contribution >= 4 is 23.2 Å². The number of nitrogens with zero attached hydrogens (tertiary/aromatic N) is 2. The van der Waals surface area contributed by atoms with Gasteiger partial charge in [0.1, 0.15) is 17.3 Å². The van der Waals surface area contributed by atoms with Crippen LogP contribution < -0.4 is 10.2 Å². The lowest BCUT2D eigenvalue weighted by atomic mass is 10.2. The number of nitrogens with one attached hydrogen (secondary N) is 2. The highest BCUT2D eigenvalue weighted by atomic mass is 16.5. The van der Waals surface area contributed by atoms with Crippen molar-refractivity contribution in [1.29, 1.82) is 0 Å². The van der Waals surface area contributed by atoms with Crippen LogP contribution in [0, 0.1) is 5.92 Å². The summed E-state index contributed by atoms with van der Waals surface area (Å²) in [5, 5.41) is 14.1. The number of phenolic OH excluding ortho intramolecular Hbond substituents is 1. The minimum Gasteiger partial charge on any atom is -0.507 e. The number of carbonyl (C=O) groups excluding carboxylic acids is 1. The molecule has 1 heterocycles.